The molecule has 2 N–H and O–H groups in total. The molecule has 3 aromatic rings. The summed E-state index contributed by atoms with van der Waals surface area (Å²) in [6, 6.07) is 6.07. The Balaban J connectivity index is 1.39. The van der Waals surface area contributed by atoms with Crippen LogP contribution in [0.2, 0.25) is 0 Å². The highest BCUT2D eigenvalue weighted by Gasteiger charge is 2.50. The van der Waals surface area contributed by atoms with Crippen molar-refractivity contribution < 1.29 is 23.8 Å². The molecule has 0 radical (unpaired) electrons. The number of halogens is 1. The van der Waals surface area contributed by atoms with Crippen LogP contribution in [0.1, 0.15) is 53.2 Å². The molecule has 0 saturated heterocycles. The van der Waals surface area contributed by atoms with E-state index < -0.39 is 22.7 Å². The molecule has 41 heavy (non-hydrogen) atoms. The lowest BCUT2D eigenvalue weighted by Crippen LogP contribution is -2.69. The van der Waals surface area contributed by atoms with Crippen LogP contribution < -0.4 is 15.8 Å². The molecule has 1 aliphatic heterocycles. The van der Waals surface area contributed by atoms with Crippen molar-refractivity contribution in [2.45, 2.75) is 44.2 Å². The third-order valence-corrected chi connectivity index (χ3v) is 9.15. The summed E-state index contributed by atoms with van der Waals surface area (Å²) in [5.74, 6) is -1.26. The highest BCUT2D eigenvalue weighted by molar-refractivity contribution is 7.14. The van der Waals surface area contributed by atoms with Gasteiger partial charge in [-0.2, -0.15) is 0 Å². The maximum Gasteiger partial charge on any atom is 0.278 e. The molecule has 5 rings (SSSR count). The fourth-order valence-electron chi connectivity index (χ4n) is 5.78. The largest absolute Gasteiger partial charge is 0.502 e. The highest BCUT2D eigenvalue weighted by Crippen LogP contribution is 2.42. The number of rotatable bonds is 8. The monoisotopic (exact) mass is 584 g/mol. The Hall–Kier alpha value is -3.84. The van der Waals surface area contributed by atoms with E-state index in [1.807, 2.05) is 12.1 Å². The second-order valence-electron chi connectivity index (χ2n) is 10.6. The Morgan fingerprint density at radius 2 is 1.90 bits per heavy atom. The molecule has 3 heterocycles. The number of carbonyl (C=O) groups is 2. The first-order valence-corrected chi connectivity index (χ1v) is 14.3. The Morgan fingerprint density at radius 1 is 1.20 bits per heavy atom. The predicted molar refractivity (Wildman–Crippen MR) is 151 cm³/mol. The second-order valence-corrected chi connectivity index (χ2v) is 11.6. The van der Waals surface area contributed by atoms with Gasteiger partial charge in [0.15, 0.2) is 16.5 Å². The van der Waals surface area contributed by atoms with E-state index in [0.717, 1.165) is 18.4 Å². The molecule has 1 spiro atoms. The van der Waals surface area contributed by atoms with E-state index in [1.165, 1.54) is 23.5 Å². The molecule has 2 amide bonds. The van der Waals surface area contributed by atoms with Crippen LogP contribution in [0.4, 0.5) is 4.39 Å². The van der Waals surface area contributed by atoms with Crippen molar-refractivity contribution in [3.05, 3.63) is 62.8 Å². The van der Waals surface area contributed by atoms with Gasteiger partial charge in [-0.05, 0) is 49.3 Å². The highest BCUT2D eigenvalue weighted by atomic mass is 32.1. The van der Waals surface area contributed by atoms with Gasteiger partial charge in [0, 0.05) is 46.8 Å². The van der Waals surface area contributed by atoms with Gasteiger partial charge < -0.3 is 20.1 Å². The van der Waals surface area contributed by atoms with Crippen LogP contribution in [-0.2, 0) is 16.0 Å². The predicted octanol–water partition coefficient (Wildman–Crippen LogP) is 2.49. The summed E-state index contributed by atoms with van der Waals surface area (Å²) in [6.45, 7) is 0.926. The number of aromatic hydroxyl groups is 1. The van der Waals surface area contributed by atoms with Crippen molar-refractivity contribution in [1.29, 1.82) is 0 Å². The van der Waals surface area contributed by atoms with E-state index in [9.17, 15) is 23.9 Å². The van der Waals surface area contributed by atoms with Gasteiger partial charge in [0.1, 0.15) is 16.5 Å². The second kappa shape index (κ2) is 11.6. The lowest BCUT2D eigenvalue weighted by molar-refractivity contribution is -0.122. The van der Waals surface area contributed by atoms with Crippen molar-refractivity contribution in [3.8, 4) is 16.3 Å². The summed E-state index contributed by atoms with van der Waals surface area (Å²) < 4.78 is 19.8. The van der Waals surface area contributed by atoms with Gasteiger partial charge in [-0.1, -0.05) is 23.5 Å². The van der Waals surface area contributed by atoms with Crippen LogP contribution in [0.5, 0.6) is 5.75 Å². The number of hydrogen-bond acceptors (Lipinski definition) is 9. The van der Waals surface area contributed by atoms with Crippen LogP contribution in [0.3, 0.4) is 0 Å². The van der Waals surface area contributed by atoms with E-state index in [-0.39, 0.29) is 28.9 Å². The number of benzene rings is 1. The SMILES string of the molecule is COCCNC(=O)CC1CCC2(CC1)N(C)C(=O)c1c(O)c(=O)c(-c3nnc(Cc4ccc(F)cc4)s3)cn1N2C. The summed E-state index contributed by atoms with van der Waals surface area (Å²) >= 11 is 1.20. The Labute approximate surface area is 240 Å². The number of methoxy groups -OCH3 is 1. The fourth-order valence-corrected chi connectivity index (χ4v) is 6.66. The van der Waals surface area contributed by atoms with Crippen LogP contribution in [0.15, 0.2) is 35.3 Å². The molecule has 1 aliphatic carbocycles. The zero-order valence-electron chi connectivity index (χ0n) is 23.2. The molecule has 218 valence electrons. The maximum absolute atomic E-state index is 13.5. The number of ether oxygens (including phenoxy) is 1. The van der Waals surface area contributed by atoms with Gasteiger partial charge in [-0.25, -0.2) is 4.39 Å². The molecule has 2 aromatic heterocycles. The molecule has 11 nitrogen and oxygen atoms in total. The minimum absolute atomic E-state index is 0.0162. The number of nitrogens with one attached hydrogen (secondary N) is 1. The number of aromatic nitrogens is 3. The third kappa shape index (κ3) is 5.43. The minimum atomic E-state index is -0.699. The smallest absolute Gasteiger partial charge is 0.278 e. The number of fused-ring (bicyclic) bond motifs is 1. The molecular weight excluding hydrogens is 551 g/mol. The molecule has 1 aromatic carbocycles. The molecule has 0 bridgehead atoms. The summed E-state index contributed by atoms with van der Waals surface area (Å²) in [5, 5.41) is 25.0. The van der Waals surface area contributed by atoms with Crippen molar-refractivity contribution in [2.75, 3.05) is 39.4 Å². The Bertz CT molecular complexity index is 1500. The van der Waals surface area contributed by atoms with E-state index >= 15 is 0 Å². The van der Waals surface area contributed by atoms with Crippen molar-refractivity contribution in [2.24, 2.45) is 5.92 Å². The van der Waals surface area contributed by atoms with Crippen molar-refractivity contribution >= 4 is 23.2 Å². The van der Waals surface area contributed by atoms with E-state index in [4.69, 9.17) is 4.74 Å². The number of nitrogens with zero attached hydrogens (tertiary/aromatic N) is 5. The number of amides is 2. The average Bonchev–Trinajstić information content (AvgIpc) is 3.42. The first-order valence-electron chi connectivity index (χ1n) is 13.5. The summed E-state index contributed by atoms with van der Waals surface area (Å²) in [7, 11) is 5.10. The first-order chi connectivity index (χ1) is 19.6. The van der Waals surface area contributed by atoms with E-state index in [0.29, 0.717) is 48.9 Å². The molecule has 2 aliphatic rings. The normalized spacial score (nSPS) is 20.4. The first kappa shape index (κ1) is 28.7. The molecule has 1 saturated carbocycles. The fraction of sp³-hybridized carbons (Fsp3) is 0.464. The average molecular weight is 585 g/mol. The van der Waals surface area contributed by atoms with Gasteiger partial charge in [0.05, 0.1) is 12.2 Å². The molecule has 13 heteroatoms. The van der Waals surface area contributed by atoms with Gasteiger partial charge in [-0.15, -0.1) is 10.2 Å². The number of carbonyl (C=O) groups excluding carboxylic acids is 2. The lowest BCUT2D eigenvalue weighted by atomic mass is 9.78. The molecular formula is C28H33FN6O5S. The topological polar surface area (TPSA) is 130 Å². The van der Waals surface area contributed by atoms with Crippen LogP contribution in [0.25, 0.3) is 10.6 Å². The number of hydrogen-bond donors (Lipinski definition) is 2. The molecule has 1 fully saturated rings. The van der Waals surface area contributed by atoms with Crippen molar-refractivity contribution in [1.82, 2.24) is 25.1 Å². The molecule has 0 atom stereocenters. The van der Waals surface area contributed by atoms with Gasteiger partial charge in [0.2, 0.25) is 11.3 Å². The third-order valence-electron chi connectivity index (χ3n) is 8.20. The van der Waals surface area contributed by atoms with E-state index in [1.54, 1.807) is 42.1 Å². The quantitative estimate of drug-likeness (QED) is 0.387. The van der Waals surface area contributed by atoms with Gasteiger partial charge in [-0.3, -0.25) is 24.1 Å². The summed E-state index contributed by atoms with van der Waals surface area (Å²) in [4.78, 5) is 40.7. The van der Waals surface area contributed by atoms with Crippen LogP contribution >= 0.6 is 11.3 Å². The summed E-state index contributed by atoms with van der Waals surface area (Å²) in [5.41, 5.74) is -0.520. The zero-order valence-corrected chi connectivity index (χ0v) is 24.0. The minimum Gasteiger partial charge on any atom is -0.502 e. The van der Waals surface area contributed by atoms with E-state index in [2.05, 4.69) is 15.5 Å². The number of pyridine rings is 1. The Morgan fingerprint density at radius 3 is 2.59 bits per heavy atom. The van der Waals surface area contributed by atoms with Crippen LogP contribution in [-0.4, -0.2) is 76.7 Å². The van der Waals surface area contributed by atoms with Crippen LogP contribution in [0, 0.1) is 11.7 Å². The summed E-state index contributed by atoms with van der Waals surface area (Å²) in [6.07, 6.45) is 5.06. The van der Waals surface area contributed by atoms with Crippen molar-refractivity contribution in [3.63, 3.8) is 0 Å². The maximum atomic E-state index is 13.5. The Kier molecular flexibility index (Phi) is 8.09. The standard InChI is InChI=1S/C28H33FN6O5S/c1-33-27(39)23-25(38)24(37)20(26-32-31-22(41-26)15-17-4-6-19(29)7-5-17)16-35(23)34(2)28(33)10-8-18(9-11-28)14-21(36)30-12-13-40-3/h4-7,16,18,38H,8-15H2,1-3H3,(H,30,36). The zero-order chi connectivity index (χ0) is 29.3. The molecule has 0 unspecified atom stereocenters. The lowest BCUT2D eigenvalue weighted by Gasteiger charge is -2.55. The van der Waals surface area contributed by atoms with Gasteiger partial charge in [0.25, 0.3) is 5.91 Å². The van der Waals surface area contributed by atoms with Gasteiger partial charge >= 0.3 is 0 Å².